The molecule has 0 bridgehead atoms. The minimum atomic E-state index is -0.397. The Balaban J connectivity index is 1.57. The fourth-order valence-electron chi connectivity index (χ4n) is 3.44. The lowest BCUT2D eigenvalue weighted by atomic mass is 9.97. The highest BCUT2D eigenvalue weighted by atomic mass is 16.1. The summed E-state index contributed by atoms with van der Waals surface area (Å²) in [6, 6.07) is 21.8. The Bertz CT molecular complexity index is 1070. The van der Waals surface area contributed by atoms with Crippen LogP contribution >= 0.6 is 0 Å². The summed E-state index contributed by atoms with van der Waals surface area (Å²) >= 11 is 0. The van der Waals surface area contributed by atoms with Crippen LogP contribution in [0.1, 0.15) is 33.1 Å². The van der Waals surface area contributed by atoms with Crippen LogP contribution in [-0.2, 0) is 6.42 Å². The maximum absolute atomic E-state index is 13.4. The number of pyridine rings is 1. The van der Waals surface area contributed by atoms with E-state index in [1.54, 1.807) is 12.4 Å². The van der Waals surface area contributed by atoms with Gasteiger partial charge in [-0.1, -0.05) is 60.2 Å². The summed E-state index contributed by atoms with van der Waals surface area (Å²) in [7, 11) is 0. The zero-order valence-electron chi connectivity index (χ0n) is 15.9. The molecule has 4 heteroatoms. The van der Waals surface area contributed by atoms with Crippen molar-refractivity contribution >= 4 is 16.8 Å². The number of carbonyl (C=O) groups is 1. The van der Waals surface area contributed by atoms with Crippen molar-refractivity contribution in [2.45, 2.75) is 19.4 Å². The van der Waals surface area contributed by atoms with E-state index in [-0.39, 0.29) is 5.78 Å². The number of H-pyrrole nitrogens is 1. The lowest BCUT2D eigenvalue weighted by Gasteiger charge is -2.18. The molecule has 0 saturated carbocycles. The zero-order chi connectivity index (χ0) is 19.3. The summed E-state index contributed by atoms with van der Waals surface area (Å²) in [4.78, 5) is 20.8. The molecule has 0 unspecified atom stereocenters. The Labute approximate surface area is 164 Å². The number of benzene rings is 2. The number of nitrogens with zero attached hydrogens (tertiary/aromatic N) is 1. The van der Waals surface area contributed by atoms with Crippen molar-refractivity contribution in [1.29, 1.82) is 0 Å². The van der Waals surface area contributed by atoms with Crippen LogP contribution in [0.5, 0.6) is 0 Å². The molecule has 0 aliphatic heterocycles. The number of aryl methyl sites for hydroxylation is 1. The second-order valence-corrected chi connectivity index (χ2v) is 7.00. The van der Waals surface area contributed by atoms with Crippen LogP contribution in [0.2, 0.25) is 0 Å². The van der Waals surface area contributed by atoms with Gasteiger partial charge in [0.05, 0.1) is 6.04 Å². The number of fused-ring (bicyclic) bond motifs is 1. The third-order valence-electron chi connectivity index (χ3n) is 4.99. The summed E-state index contributed by atoms with van der Waals surface area (Å²) in [6.45, 7) is 2.80. The van der Waals surface area contributed by atoms with Crippen LogP contribution in [-0.4, -0.2) is 22.3 Å². The van der Waals surface area contributed by atoms with Gasteiger partial charge in [0.1, 0.15) is 5.65 Å². The van der Waals surface area contributed by atoms with Gasteiger partial charge in [-0.3, -0.25) is 4.79 Å². The molecule has 0 radical (unpaired) electrons. The molecule has 0 amide bonds. The zero-order valence-corrected chi connectivity index (χ0v) is 15.9. The van der Waals surface area contributed by atoms with Crippen molar-refractivity contribution < 1.29 is 4.79 Å². The predicted molar refractivity (Wildman–Crippen MR) is 112 cm³/mol. The molecule has 1 atom stereocenters. The average molecular weight is 369 g/mol. The highest BCUT2D eigenvalue weighted by Gasteiger charge is 2.24. The minimum Gasteiger partial charge on any atom is -0.345 e. The lowest BCUT2D eigenvalue weighted by molar-refractivity contribution is 0.0945. The van der Waals surface area contributed by atoms with Crippen LogP contribution < -0.4 is 5.32 Å². The molecule has 0 aliphatic rings. The van der Waals surface area contributed by atoms with Gasteiger partial charge in [0.15, 0.2) is 5.78 Å². The first-order valence-corrected chi connectivity index (χ1v) is 9.52. The Hall–Kier alpha value is -3.24. The quantitative estimate of drug-likeness (QED) is 0.467. The first-order chi connectivity index (χ1) is 13.7. The van der Waals surface area contributed by atoms with Crippen molar-refractivity contribution in [3.63, 3.8) is 0 Å². The molecule has 4 aromatic rings. The highest BCUT2D eigenvalue weighted by Crippen LogP contribution is 2.24. The smallest absolute Gasteiger partial charge is 0.186 e. The predicted octanol–water partition coefficient (Wildman–Crippen LogP) is 4.63. The van der Waals surface area contributed by atoms with Gasteiger partial charge in [0.25, 0.3) is 0 Å². The van der Waals surface area contributed by atoms with E-state index >= 15 is 0 Å². The van der Waals surface area contributed by atoms with Crippen molar-refractivity contribution in [3.8, 4) is 0 Å². The van der Waals surface area contributed by atoms with Gasteiger partial charge in [-0.2, -0.15) is 0 Å². The van der Waals surface area contributed by atoms with Crippen LogP contribution in [0.25, 0.3) is 11.0 Å². The molecule has 4 rings (SSSR count). The highest BCUT2D eigenvalue weighted by molar-refractivity contribution is 6.09. The van der Waals surface area contributed by atoms with Crippen molar-refractivity contribution in [2.24, 2.45) is 0 Å². The van der Waals surface area contributed by atoms with Gasteiger partial charge >= 0.3 is 0 Å². The van der Waals surface area contributed by atoms with Gasteiger partial charge in [-0.05, 0) is 36.6 Å². The van der Waals surface area contributed by atoms with Crippen LogP contribution in [0.3, 0.4) is 0 Å². The number of aromatic amines is 1. The molecule has 2 aromatic carbocycles. The fraction of sp³-hybridized carbons (Fsp3) is 0.167. The van der Waals surface area contributed by atoms with Crippen LogP contribution in [0, 0.1) is 6.92 Å². The lowest BCUT2D eigenvalue weighted by Crippen LogP contribution is -2.30. The number of hydrogen-bond acceptors (Lipinski definition) is 3. The number of rotatable bonds is 7. The summed E-state index contributed by atoms with van der Waals surface area (Å²) in [5.74, 6) is 0.0503. The Kier molecular flexibility index (Phi) is 5.31. The second-order valence-electron chi connectivity index (χ2n) is 7.00. The number of aromatic nitrogens is 2. The van der Waals surface area contributed by atoms with E-state index in [0.717, 1.165) is 29.6 Å². The van der Waals surface area contributed by atoms with Crippen LogP contribution in [0.4, 0.5) is 0 Å². The van der Waals surface area contributed by atoms with E-state index in [9.17, 15) is 4.79 Å². The van der Waals surface area contributed by atoms with E-state index in [0.29, 0.717) is 5.56 Å². The molecule has 28 heavy (non-hydrogen) atoms. The molecular formula is C24H23N3O. The summed E-state index contributed by atoms with van der Waals surface area (Å²) < 4.78 is 0. The summed E-state index contributed by atoms with van der Waals surface area (Å²) in [6.07, 6.45) is 4.35. The van der Waals surface area contributed by atoms with Crippen molar-refractivity contribution in [2.75, 3.05) is 6.54 Å². The van der Waals surface area contributed by atoms with Gasteiger partial charge < -0.3 is 10.3 Å². The molecule has 2 aromatic heterocycles. The largest absolute Gasteiger partial charge is 0.345 e. The maximum Gasteiger partial charge on any atom is 0.186 e. The molecule has 0 aliphatic carbocycles. The number of nitrogens with one attached hydrogen (secondary N) is 2. The molecule has 2 N–H and O–H groups in total. The molecule has 140 valence electrons. The van der Waals surface area contributed by atoms with Gasteiger partial charge in [-0.15, -0.1) is 0 Å². The molecule has 0 fully saturated rings. The normalized spacial score (nSPS) is 12.2. The molecule has 4 nitrogen and oxygen atoms in total. The first kappa shape index (κ1) is 18.1. The summed E-state index contributed by atoms with van der Waals surface area (Å²) in [5.41, 5.74) is 4.88. The summed E-state index contributed by atoms with van der Waals surface area (Å²) in [5, 5.41) is 4.32. The fourth-order valence-corrected chi connectivity index (χ4v) is 3.44. The maximum atomic E-state index is 13.4. The number of carbonyl (C=O) groups excluding carboxylic acids is 1. The third-order valence-corrected chi connectivity index (χ3v) is 4.99. The number of Topliss-reactive ketones (excluding diaryl/α,β-unsaturated/α-hetero) is 1. The van der Waals surface area contributed by atoms with E-state index in [1.165, 1.54) is 11.1 Å². The van der Waals surface area contributed by atoms with Gasteiger partial charge in [-0.25, -0.2) is 4.98 Å². The second kappa shape index (κ2) is 8.19. The van der Waals surface area contributed by atoms with E-state index in [2.05, 4.69) is 46.5 Å². The Morgan fingerprint density at radius 2 is 1.82 bits per heavy atom. The van der Waals surface area contributed by atoms with E-state index < -0.39 is 6.04 Å². The number of ketones is 1. The van der Waals surface area contributed by atoms with Gasteiger partial charge in [0, 0.05) is 29.9 Å². The standard InChI is InChI=1S/C24H23N3O/c1-17-9-11-18(12-10-17)13-15-25-22(19-6-3-2-4-7-19)23(28)21-16-27-24-20(21)8-5-14-26-24/h2-12,14,16,22,25H,13,15H2,1H3,(H,26,27)/t22-/m0/s1. The molecule has 0 spiro atoms. The van der Waals surface area contributed by atoms with E-state index in [1.807, 2.05) is 42.5 Å². The molecule has 2 heterocycles. The third kappa shape index (κ3) is 3.87. The minimum absolute atomic E-state index is 0.0503. The topological polar surface area (TPSA) is 57.8 Å². The number of hydrogen-bond donors (Lipinski definition) is 2. The van der Waals surface area contributed by atoms with Crippen molar-refractivity contribution in [3.05, 3.63) is 101 Å². The monoisotopic (exact) mass is 369 g/mol. The van der Waals surface area contributed by atoms with Crippen LogP contribution in [0.15, 0.2) is 79.1 Å². The average Bonchev–Trinajstić information content (AvgIpc) is 3.17. The van der Waals surface area contributed by atoms with Gasteiger partial charge in [0.2, 0.25) is 0 Å². The Morgan fingerprint density at radius 1 is 1.04 bits per heavy atom. The molecular weight excluding hydrogens is 346 g/mol. The molecule has 0 saturated heterocycles. The SMILES string of the molecule is Cc1ccc(CCN[C@H](C(=O)c2c[nH]c3ncccc23)c2ccccc2)cc1. The van der Waals surface area contributed by atoms with E-state index in [4.69, 9.17) is 0 Å². The Morgan fingerprint density at radius 3 is 2.61 bits per heavy atom. The van der Waals surface area contributed by atoms with Crippen molar-refractivity contribution in [1.82, 2.24) is 15.3 Å². The first-order valence-electron chi connectivity index (χ1n) is 9.52.